The minimum absolute atomic E-state index is 0.0625. The van der Waals surface area contributed by atoms with Crippen molar-refractivity contribution in [2.75, 3.05) is 23.3 Å². The fourth-order valence-corrected chi connectivity index (χ4v) is 3.83. The Morgan fingerprint density at radius 1 is 1.18 bits per heavy atom. The third-order valence-electron chi connectivity index (χ3n) is 5.07. The fraction of sp³-hybridized carbons (Fsp3) is 0.238. The number of aromatic nitrogens is 1. The highest BCUT2D eigenvalue weighted by molar-refractivity contribution is 9.10. The minimum Gasteiger partial charge on any atom is -0.506 e. The third kappa shape index (κ3) is 3.80. The molecule has 4 rings (SSSR count). The highest BCUT2D eigenvalue weighted by Gasteiger charge is 2.26. The Kier molecular flexibility index (Phi) is 5.17. The van der Waals surface area contributed by atoms with E-state index in [9.17, 15) is 14.3 Å². The molecule has 1 saturated heterocycles. The number of para-hydroxylation sites is 2. The van der Waals surface area contributed by atoms with Crippen LogP contribution in [0, 0.1) is 11.7 Å². The van der Waals surface area contributed by atoms with Crippen molar-refractivity contribution < 1.29 is 14.3 Å². The standard InChI is InChI=1S/C21H19BrFN3O2/c22-15-11-14-5-6-20(24-18(14)12-16(15)23)26-9-7-13(8-10-26)21(28)25-17-3-1-2-4-19(17)27/h1-6,11-13,27H,7-10H2,(H,25,28). The number of hydrogen-bond acceptors (Lipinski definition) is 4. The van der Waals surface area contributed by atoms with Crippen LogP contribution >= 0.6 is 15.9 Å². The smallest absolute Gasteiger partial charge is 0.227 e. The summed E-state index contributed by atoms with van der Waals surface area (Å²) in [6.45, 7) is 1.38. The number of pyridine rings is 1. The molecule has 2 N–H and O–H groups in total. The highest BCUT2D eigenvalue weighted by Crippen LogP contribution is 2.28. The first-order chi connectivity index (χ1) is 13.5. The molecule has 7 heteroatoms. The first-order valence-electron chi connectivity index (χ1n) is 9.11. The van der Waals surface area contributed by atoms with E-state index in [0.717, 1.165) is 11.2 Å². The van der Waals surface area contributed by atoms with Gasteiger partial charge in [0, 0.05) is 30.5 Å². The lowest BCUT2D eigenvalue weighted by molar-refractivity contribution is -0.120. The molecule has 3 aromatic rings. The number of carbonyl (C=O) groups excluding carboxylic acids is 1. The summed E-state index contributed by atoms with van der Waals surface area (Å²) < 4.78 is 14.2. The Labute approximate surface area is 170 Å². The number of fused-ring (bicyclic) bond motifs is 1. The maximum atomic E-state index is 13.8. The van der Waals surface area contributed by atoms with Gasteiger partial charge in [-0.15, -0.1) is 0 Å². The molecule has 1 fully saturated rings. The second kappa shape index (κ2) is 7.75. The monoisotopic (exact) mass is 443 g/mol. The van der Waals surface area contributed by atoms with Gasteiger partial charge in [0.05, 0.1) is 15.7 Å². The molecule has 1 amide bonds. The zero-order chi connectivity index (χ0) is 19.7. The number of aromatic hydroxyl groups is 1. The summed E-state index contributed by atoms with van der Waals surface area (Å²) in [5, 5.41) is 13.5. The first kappa shape index (κ1) is 18.7. The van der Waals surface area contributed by atoms with Crippen LogP contribution in [0.25, 0.3) is 10.9 Å². The molecule has 0 radical (unpaired) electrons. The number of carbonyl (C=O) groups is 1. The number of nitrogens with one attached hydrogen (secondary N) is 1. The molecule has 5 nitrogen and oxygen atoms in total. The molecule has 0 atom stereocenters. The van der Waals surface area contributed by atoms with E-state index < -0.39 is 0 Å². The van der Waals surface area contributed by atoms with Crippen LogP contribution in [0.15, 0.2) is 53.0 Å². The van der Waals surface area contributed by atoms with E-state index in [1.165, 1.54) is 6.07 Å². The summed E-state index contributed by atoms with van der Waals surface area (Å²) >= 11 is 3.19. The quantitative estimate of drug-likeness (QED) is 0.575. The Morgan fingerprint density at radius 3 is 2.68 bits per heavy atom. The van der Waals surface area contributed by atoms with Crippen molar-refractivity contribution in [2.45, 2.75) is 12.8 Å². The van der Waals surface area contributed by atoms with Gasteiger partial charge in [0.15, 0.2) is 0 Å². The average molecular weight is 444 g/mol. The Balaban J connectivity index is 1.42. The Bertz CT molecular complexity index is 1040. The van der Waals surface area contributed by atoms with E-state index in [0.29, 0.717) is 41.6 Å². The van der Waals surface area contributed by atoms with Crippen LogP contribution in [0.5, 0.6) is 5.75 Å². The van der Waals surface area contributed by atoms with Gasteiger partial charge in [-0.1, -0.05) is 12.1 Å². The van der Waals surface area contributed by atoms with Crippen molar-refractivity contribution >= 4 is 44.2 Å². The molecule has 1 aromatic heterocycles. The first-order valence-corrected chi connectivity index (χ1v) is 9.90. The highest BCUT2D eigenvalue weighted by atomic mass is 79.9. The number of phenols is 1. The number of benzene rings is 2. The van der Waals surface area contributed by atoms with E-state index in [2.05, 4.69) is 31.1 Å². The van der Waals surface area contributed by atoms with Gasteiger partial charge in [0.2, 0.25) is 5.91 Å². The Morgan fingerprint density at radius 2 is 1.93 bits per heavy atom. The van der Waals surface area contributed by atoms with E-state index >= 15 is 0 Å². The predicted octanol–water partition coefficient (Wildman–Crippen LogP) is 4.70. The number of nitrogens with zero attached hydrogens (tertiary/aromatic N) is 2. The lowest BCUT2D eigenvalue weighted by Gasteiger charge is -2.32. The van der Waals surface area contributed by atoms with Crippen molar-refractivity contribution in [3.8, 4) is 5.75 Å². The summed E-state index contributed by atoms with van der Waals surface area (Å²) in [4.78, 5) is 19.2. The fourth-order valence-electron chi connectivity index (χ4n) is 3.47. The molecule has 0 spiro atoms. The predicted molar refractivity (Wildman–Crippen MR) is 111 cm³/mol. The molecule has 1 aliphatic rings. The van der Waals surface area contributed by atoms with Crippen LogP contribution in [0.4, 0.5) is 15.9 Å². The van der Waals surface area contributed by atoms with Crippen LogP contribution in [0.2, 0.25) is 0 Å². The number of amides is 1. The lowest BCUT2D eigenvalue weighted by atomic mass is 9.95. The largest absolute Gasteiger partial charge is 0.506 e. The molecule has 0 aliphatic carbocycles. The summed E-state index contributed by atoms with van der Waals surface area (Å²) in [7, 11) is 0. The van der Waals surface area contributed by atoms with Gasteiger partial charge < -0.3 is 15.3 Å². The van der Waals surface area contributed by atoms with Gasteiger partial charge in [-0.05, 0) is 59.1 Å². The molecule has 2 aromatic carbocycles. The number of phenolic OH excluding ortho intramolecular Hbond substituents is 1. The van der Waals surface area contributed by atoms with Gasteiger partial charge in [-0.2, -0.15) is 0 Å². The van der Waals surface area contributed by atoms with Crippen molar-refractivity contribution in [3.05, 3.63) is 58.8 Å². The third-order valence-corrected chi connectivity index (χ3v) is 5.68. The maximum Gasteiger partial charge on any atom is 0.227 e. The van der Waals surface area contributed by atoms with Crippen LogP contribution in [0.1, 0.15) is 12.8 Å². The molecular weight excluding hydrogens is 425 g/mol. The van der Waals surface area contributed by atoms with Crippen LogP contribution in [0.3, 0.4) is 0 Å². The number of rotatable bonds is 3. The number of hydrogen-bond donors (Lipinski definition) is 2. The number of anilines is 2. The van der Waals surface area contributed by atoms with Gasteiger partial charge in [-0.3, -0.25) is 4.79 Å². The molecule has 2 heterocycles. The maximum absolute atomic E-state index is 13.8. The van der Waals surface area contributed by atoms with Crippen LogP contribution < -0.4 is 10.2 Å². The number of halogens is 2. The summed E-state index contributed by atoms with van der Waals surface area (Å²) in [5.74, 6) is 0.308. The average Bonchev–Trinajstić information content (AvgIpc) is 2.70. The summed E-state index contributed by atoms with van der Waals surface area (Å²) in [5.41, 5.74) is 1.04. The van der Waals surface area contributed by atoms with Gasteiger partial charge >= 0.3 is 0 Å². The van der Waals surface area contributed by atoms with Crippen molar-refractivity contribution in [1.82, 2.24) is 4.98 Å². The van der Waals surface area contributed by atoms with Crippen molar-refractivity contribution in [1.29, 1.82) is 0 Å². The molecule has 28 heavy (non-hydrogen) atoms. The normalized spacial score (nSPS) is 15.0. The molecule has 0 saturated carbocycles. The van der Waals surface area contributed by atoms with Gasteiger partial charge in [0.1, 0.15) is 17.4 Å². The van der Waals surface area contributed by atoms with Crippen molar-refractivity contribution in [2.24, 2.45) is 5.92 Å². The van der Waals surface area contributed by atoms with E-state index in [1.54, 1.807) is 30.3 Å². The molecule has 1 aliphatic heterocycles. The molecular formula is C21H19BrFN3O2. The molecule has 0 unspecified atom stereocenters. The van der Waals surface area contributed by atoms with E-state index in [4.69, 9.17) is 0 Å². The molecule has 0 bridgehead atoms. The lowest BCUT2D eigenvalue weighted by Crippen LogP contribution is -2.38. The van der Waals surface area contributed by atoms with Gasteiger partial charge in [-0.25, -0.2) is 9.37 Å². The second-order valence-electron chi connectivity index (χ2n) is 6.90. The number of piperidine rings is 1. The van der Waals surface area contributed by atoms with E-state index in [1.807, 2.05) is 12.1 Å². The zero-order valence-electron chi connectivity index (χ0n) is 15.0. The van der Waals surface area contributed by atoms with Crippen molar-refractivity contribution in [3.63, 3.8) is 0 Å². The summed E-state index contributed by atoms with van der Waals surface area (Å²) in [6, 6.07) is 13.7. The minimum atomic E-state index is -0.336. The SMILES string of the molecule is O=C(Nc1ccccc1O)C1CCN(c2ccc3cc(Br)c(F)cc3n2)CC1. The Hall–Kier alpha value is -2.67. The zero-order valence-corrected chi connectivity index (χ0v) is 16.6. The second-order valence-corrected chi connectivity index (χ2v) is 7.75. The van der Waals surface area contributed by atoms with E-state index in [-0.39, 0.29) is 23.4 Å². The van der Waals surface area contributed by atoms with Crippen LogP contribution in [-0.2, 0) is 4.79 Å². The summed E-state index contributed by atoms with van der Waals surface area (Å²) in [6.07, 6.45) is 1.38. The topological polar surface area (TPSA) is 65.5 Å². The molecule has 144 valence electrons. The van der Waals surface area contributed by atoms with Crippen LogP contribution in [-0.4, -0.2) is 29.1 Å². The van der Waals surface area contributed by atoms with Gasteiger partial charge in [0.25, 0.3) is 0 Å².